The van der Waals surface area contributed by atoms with E-state index in [2.05, 4.69) is 22.2 Å². The van der Waals surface area contributed by atoms with E-state index in [0.717, 1.165) is 6.42 Å². The number of ether oxygens (including phenoxy) is 2. The molecule has 0 saturated carbocycles. The number of benzene rings is 2. The Morgan fingerprint density at radius 1 is 1.08 bits per heavy atom. The van der Waals surface area contributed by atoms with Crippen molar-refractivity contribution in [3.63, 3.8) is 0 Å². The highest BCUT2D eigenvalue weighted by Crippen LogP contribution is 2.15. The van der Waals surface area contributed by atoms with Crippen LogP contribution in [0.3, 0.4) is 0 Å². The lowest BCUT2D eigenvalue weighted by atomic mass is 10.1. The summed E-state index contributed by atoms with van der Waals surface area (Å²) in [5.41, 5.74) is 4.77. The fourth-order valence-electron chi connectivity index (χ4n) is 2.09. The predicted octanol–water partition coefficient (Wildman–Crippen LogP) is 3.77. The molecule has 1 amide bonds. The van der Waals surface area contributed by atoms with Crippen LogP contribution in [-0.4, -0.2) is 24.8 Å². The summed E-state index contributed by atoms with van der Waals surface area (Å²) in [6.45, 7) is 0.716. The van der Waals surface area contributed by atoms with Gasteiger partial charge in [-0.2, -0.15) is 13.9 Å². The molecule has 0 bridgehead atoms. The van der Waals surface area contributed by atoms with Crippen LogP contribution in [-0.2, 0) is 11.2 Å². The maximum absolute atomic E-state index is 12.1. The molecule has 0 heterocycles. The number of amides is 1. The zero-order chi connectivity index (χ0) is 18.9. The lowest BCUT2D eigenvalue weighted by Gasteiger charge is -2.07. The van der Waals surface area contributed by atoms with E-state index in [1.807, 2.05) is 24.3 Å². The Morgan fingerprint density at radius 2 is 1.69 bits per heavy atom. The van der Waals surface area contributed by atoms with Gasteiger partial charge in [0, 0.05) is 0 Å². The molecule has 26 heavy (non-hydrogen) atoms. The quantitative estimate of drug-likeness (QED) is 0.574. The van der Waals surface area contributed by atoms with Crippen LogP contribution in [0.1, 0.15) is 25.0 Å². The van der Waals surface area contributed by atoms with Gasteiger partial charge in [-0.05, 0) is 60.9 Å². The van der Waals surface area contributed by atoms with Crippen LogP contribution in [0.5, 0.6) is 11.5 Å². The summed E-state index contributed by atoms with van der Waals surface area (Å²) in [5, 5.41) is 3.97. The van der Waals surface area contributed by atoms with Gasteiger partial charge in [0.1, 0.15) is 11.5 Å². The summed E-state index contributed by atoms with van der Waals surface area (Å²) in [6.07, 6.45) is 0.935. The topological polar surface area (TPSA) is 59.9 Å². The normalized spacial score (nSPS) is 11.3. The molecule has 2 aromatic rings. The van der Waals surface area contributed by atoms with E-state index in [1.165, 1.54) is 17.7 Å². The second-order valence-corrected chi connectivity index (χ2v) is 5.42. The van der Waals surface area contributed by atoms with Crippen molar-refractivity contribution >= 4 is 11.6 Å². The van der Waals surface area contributed by atoms with Crippen LogP contribution in [0.2, 0.25) is 0 Å². The number of aryl methyl sites for hydroxylation is 1. The van der Waals surface area contributed by atoms with Crippen molar-refractivity contribution in [2.24, 2.45) is 5.10 Å². The average Bonchev–Trinajstić information content (AvgIpc) is 2.65. The Bertz CT molecular complexity index is 744. The molecule has 0 saturated heterocycles. The van der Waals surface area contributed by atoms with E-state index in [4.69, 9.17) is 4.74 Å². The molecule has 138 valence electrons. The van der Waals surface area contributed by atoms with Gasteiger partial charge in [-0.25, -0.2) is 5.43 Å². The van der Waals surface area contributed by atoms with Crippen molar-refractivity contribution in [3.8, 4) is 11.5 Å². The van der Waals surface area contributed by atoms with E-state index < -0.39 is 12.5 Å². The number of nitrogens with one attached hydrogen (secondary N) is 1. The standard InChI is InChI=1S/C19H20F2N2O3/c1-3-14-4-8-16(9-5-14)25-12-18(24)23-22-13(2)15-6-10-17(11-7-15)26-19(20)21/h4-11,19H,3,12H2,1-2H3,(H,23,24). The first-order valence-corrected chi connectivity index (χ1v) is 8.08. The van der Waals surface area contributed by atoms with Crippen molar-refractivity contribution in [1.82, 2.24) is 5.43 Å². The number of carbonyl (C=O) groups is 1. The van der Waals surface area contributed by atoms with Crippen LogP contribution in [0.4, 0.5) is 8.78 Å². The Kier molecular flexibility index (Phi) is 7.08. The van der Waals surface area contributed by atoms with E-state index in [1.54, 1.807) is 19.1 Å². The first-order valence-electron chi connectivity index (χ1n) is 8.08. The van der Waals surface area contributed by atoms with Gasteiger partial charge in [-0.3, -0.25) is 4.79 Å². The summed E-state index contributed by atoms with van der Waals surface area (Å²) in [6, 6.07) is 13.5. The van der Waals surface area contributed by atoms with Gasteiger partial charge >= 0.3 is 6.61 Å². The summed E-state index contributed by atoms with van der Waals surface area (Å²) < 4.78 is 33.9. The number of rotatable bonds is 8. The summed E-state index contributed by atoms with van der Waals surface area (Å²) in [4.78, 5) is 11.8. The second kappa shape index (κ2) is 9.50. The zero-order valence-corrected chi connectivity index (χ0v) is 14.5. The van der Waals surface area contributed by atoms with Gasteiger partial charge in [-0.15, -0.1) is 0 Å². The van der Waals surface area contributed by atoms with Gasteiger partial charge in [-0.1, -0.05) is 19.1 Å². The maximum Gasteiger partial charge on any atom is 0.387 e. The number of hydrazone groups is 1. The predicted molar refractivity (Wildman–Crippen MR) is 94.7 cm³/mol. The van der Waals surface area contributed by atoms with Crippen LogP contribution in [0, 0.1) is 0 Å². The molecule has 0 aliphatic rings. The maximum atomic E-state index is 12.1. The third kappa shape index (κ3) is 6.16. The molecule has 2 aromatic carbocycles. The van der Waals surface area contributed by atoms with Gasteiger partial charge < -0.3 is 9.47 Å². The van der Waals surface area contributed by atoms with Crippen molar-refractivity contribution in [3.05, 3.63) is 59.7 Å². The molecule has 0 aromatic heterocycles. The fraction of sp³-hybridized carbons (Fsp3) is 0.263. The molecule has 5 nitrogen and oxygen atoms in total. The number of alkyl halides is 2. The molecule has 0 unspecified atom stereocenters. The van der Waals surface area contributed by atoms with Crippen molar-refractivity contribution in [2.75, 3.05) is 6.61 Å². The first-order chi connectivity index (χ1) is 12.5. The largest absolute Gasteiger partial charge is 0.484 e. The highest BCUT2D eigenvalue weighted by atomic mass is 19.3. The van der Waals surface area contributed by atoms with Crippen molar-refractivity contribution in [2.45, 2.75) is 26.9 Å². The monoisotopic (exact) mass is 362 g/mol. The Hall–Kier alpha value is -2.96. The average molecular weight is 362 g/mol. The third-order valence-corrected chi connectivity index (χ3v) is 3.55. The van der Waals surface area contributed by atoms with Gasteiger partial charge in [0.2, 0.25) is 0 Å². The molecule has 0 spiro atoms. The minimum absolute atomic E-state index is 0.0584. The zero-order valence-electron chi connectivity index (χ0n) is 14.5. The van der Waals surface area contributed by atoms with Gasteiger partial charge in [0.15, 0.2) is 6.61 Å². The van der Waals surface area contributed by atoms with E-state index in [9.17, 15) is 13.6 Å². The minimum atomic E-state index is -2.87. The first kappa shape index (κ1) is 19.4. The number of hydrogen-bond acceptors (Lipinski definition) is 4. The minimum Gasteiger partial charge on any atom is -0.484 e. The molecule has 0 aliphatic carbocycles. The lowest BCUT2D eigenvalue weighted by molar-refractivity contribution is -0.123. The van der Waals surface area contributed by atoms with E-state index in [0.29, 0.717) is 17.0 Å². The number of carbonyl (C=O) groups excluding carboxylic acids is 1. The Labute approximate surface area is 150 Å². The van der Waals surface area contributed by atoms with Crippen LogP contribution >= 0.6 is 0 Å². The van der Waals surface area contributed by atoms with Crippen LogP contribution in [0.25, 0.3) is 0 Å². The highest BCUT2D eigenvalue weighted by molar-refractivity contribution is 5.99. The molecular weight excluding hydrogens is 342 g/mol. The highest BCUT2D eigenvalue weighted by Gasteiger charge is 2.06. The molecule has 1 N–H and O–H groups in total. The number of halogens is 2. The third-order valence-electron chi connectivity index (χ3n) is 3.55. The molecule has 0 fully saturated rings. The Morgan fingerprint density at radius 3 is 2.27 bits per heavy atom. The fourth-order valence-corrected chi connectivity index (χ4v) is 2.09. The van der Waals surface area contributed by atoms with E-state index >= 15 is 0 Å². The second-order valence-electron chi connectivity index (χ2n) is 5.42. The molecule has 0 atom stereocenters. The molecule has 2 rings (SSSR count). The summed E-state index contributed by atoms with van der Waals surface area (Å²) in [7, 11) is 0. The van der Waals surface area contributed by atoms with Crippen LogP contribution in [0.15, 0.2) is 53.6 Å². The van der Waals surface area contributed by atoms with Gasteiger partial charge in [0.05, 0.1) is 5.71 Å². The molecule has 0 radical (unpaired) electrons. The van der Waals surface area contributed by atoms with Crippen molar-refractivity contribution in [1.29, 1.82) is 0 Å². The molecular formula is C19H20F2N2O3. The molecule has 7 heteroatoms. The van der Waals surface area contributed by atoms with Crippen molar-refractivity contribution < 1.29 is 23.0 Å². The number of nitrogens with zero attached hydrogens (tertiary/aromatic N) is 1. The number of hydrogen-bond donors (Lipinski definition) is 1. The van der Waals surface area contributed by atoms with Gasteiger partial charge in [0.25, 0.3) is 5.91 Å². The van der Waals surface area contributed by atoms with Crippen LogP contribution < -0.4 is 14.9 Å². The van der Waals surface area contributed by atoms with E-state index in [-0.39, 0.29) is 12.4 Å². The summed E-state index contributed by atoms with van der Waals surface area (Å²) >= 11 is 0. The molecule has 0 aliphatic heterocycles. The Balaban J connectivity index is 1.84. The summed E-state index contributed by atoms with van der Waals surface area (Å²) in [5.74, 6) is 0.261. The lowest BCUT2D eigenvalue weighted by Crippen LogP contribution is -2.25. The smallest absolute Gasteiger partial charge is 0.387 e. The SMILES string of the molecule is CCc1ccc(OCC(=O)NN=C(C)c2ccc(OC(F)F)cc2)cc1.